The third-order valence-corrected chi connectivity index (χ3v) is 4.89. The van der Waals surface area contributed by atoms with Crippen molar-refractivity contribution in [3.05, 3.63) is 101 Å². The minimum atomic E-state index is -4.49. The molecule has 0 saturated carbocycles. The summed E-state index contributed by atoms with van der Waals surface area (Å²) >= 11 is 0. The van der Waals surface area contributed by atoms with Crippen molar-refractivity contribution < 1.29 is 22.4 Å². The first-order chi connectivity index (χ1) is 14.8. The predicted molar refractivity (Wildman–Crippen MR) is 108 cm³/mol. The number of imidazole rings is 1. The minimum Gasteiger partial charge on any atom is -0.348 e. The minimum absolute atomic E-state index is 0.0104. The molecule has 0 aliphatic carbocycles. The van der Waals surface area contributed by atoms with E-state index in [9.17, 15) is 22.4 Å². The lowest BCUT2D eigenvalue weighted by molar-refractivity contribution is -0.138. The van der Waals surface area contributed by atoms with E-state index in [0.717, 1.165) is 17.1 Å². The number of benzene rings is 3. The number of hydrogen-bond acceptors (Lipinski definition) is 2. The summed E-state index contributed by atoms with van der Waals surface area (Å²) in [6, 6.07) is 16.2. The van der Waals surface area contributed by atoms with Crippen LogP contribution in [0.1, 0.15) is 27.0 Å². The highest BCUT2D eigenvalue weighted by molar-refractivity contribution is 5.97. The van der Waals surface area contributed by atoms with Gasteiger partial charge in [0.1, 0.15) is 5.82 Å². The molecular weight excluding hydrogens is 410 g/mol. The SMILES string of the molecule is O=C(NCc1ccccc1C(F)(F)F)c1ccc2c(c1)ncn2Cc1cccc(F)c1. The highest BCUT2D eigenvalue weighted by Gasteiger charge is 2.32. The molecule has 0 saturated heterocycles. The van der Waals surface area contributed by atoms with Gasteiger partial charge in [-0.05, 0) is 47.5 Å². The zero-order valence-corrected chi connectivity index (χ0v) is 16.2. The fraction of sp³-hybridized carbons (Fsp3) is 0.130. The van der Waals surface area contributed by atoms with Crippen LogP contribution in [0.5, 0.6) is 0 Å². The fourth-order valence-corrected chi connectivity index (χ4v) is 3.39. The van der Waals surface area contributed by atoms with E-state index in [-0.39, 0.29) is 23.5 Å². The maximum Gasteiger partial charge on any atom is 0.416 e. The number of hydrogen-bond donors (Lipinski definition) is 1. The van der Waals surface area contributed by atoms with E-state index in [4.69, 9.17) is 0 Å². The molecular formula is C23H17F4N3O. The van der Waals surface area contributed by atoms with Crippen LogP contribution in [-0.4, -0.2) is 15.5 Å². The van der Waals surface area contributed by atoms with Gasteiger partial charge in [-0.25, -0.2) is 9.37 Å². The van der Waals surface area contributed by atoms with Crippen LogP contribution in [0.25, 0.3) is 11.0 Å². The molecule has 4 aromatic rings. The normalized spacial score (nSPS) is 11.6. The van der Waals surface area contributed by atoms with Gasteiger partial charge in [-0.2, -0.15) is 13.2 Å². The fourth-order valence-electron chi connectivity index (χ4n) is 3.39. The second-order valence-electron chi connectivity index (χ2n) is 7.04. The summed E-state index contributed by atoms with van der Waals surface area (Å²) in [7, 11) is 0. The van der Waals surface area contributed by atoms with Gasteiger partial charge >= 0.3 is 6.18 Å². The molecule has 0 bridgehead atoms. The number of fused-ring (bicyclic) bond motifs is 1. The van der Waals surface area contributed by atoms with Gasteiger partial charge < -0.3 is 9.88 Å². The number of carbonyl (C=O) groups excluding carboxylic acids is 1. The summed E-state index contributed by atoms with van der Waals surface area (Å²) in [6.45, 7) is 0.161. The largest absolute Gasteiger partial charge is 0.416 e. The van der Waals surface area contributed by atoms with Crippen molar-refractivity contribution in [2.45, 2.75) is 19.3 Å². The molecule has 8 heteroatoms. The quantitative estimate of drug-likeness (QED) is 0.447. The zero-order valence-electron chi connectivity index (χ0n) is 16.2. The highest BCUT2D eigenvalue weighted by Crippen LogP contribution is 2.31. The van der Waals surface area contributed by atoms with Crippen molar-refractivity contribution in [2.75, 3.05) is 0 Å². The van der Waals surface area contributed by atoms with Gasteiger partial charge in [-0.15, -0.1) is 0 Å². The van der Waals surface area contributed by atoms with Gasteiger partial charge in [0.05, 0.1) is 22.9 Å². The molecule has 31 heavy (non-hydrogen) atoms. The number of aromatic nitrogens is 2. The number of carbonyl (C=O) groups is 1. The van der Waals surface area contributed by atoms with Gasteiger partial charge in [0.15, 0.2) is 0 Å². The molecule has 3 aromatic carbocycles. The first kappa shape index (κ1) is 20.6. The Morgan fingerprint density at radius 2 is 1.81 bits per heavy atom. The Morgan fingerprint density at radius 1 is 1.00 bits per heavy atom. The maximum absolute atomic E-state index is 13.4. The first-order valence-corrected chi connectivity index (χ1v) is 9.44. The predicted octanol–water partition coefficient (Wildman–Crippen LogP) is 5.17. The van der Waals surface area contributed by atoms with Crippen molar-refractivity contribution in [3.63, 3.8) is 0 Å². The number of halogens is 4. The van der Waals surface area contributed by atoms with Gasteiger partial charge in [0.2, 0.25) is 0 Å². The summed E-state index contributed by atoms with van der Waals surface area (Å²) in [5.41, 5.74) is 1.58. The highest BCUT2D eigenvalue weighted by atomic mass is 19.4. The van der Waals surface area contributed by atoms with Gasteiger partial charge in [0.25, 0.3) is 5.91 Å². The smallest absolute Gasteiger partial charge is 0.348 e. The average molecular weight is 427 g/mol. The maximum atomic E-state index is 13.4. The Kier molecular flexibility index (Phi) is 5.46. The van der Waals surface area contributed by atoms with Crippen LogP contribution < -0.4 is 5.32 Å². The van der Waals surface area contributed by atoms with Crippen molar-refractivity contribution in [1.29, 1.82) is 0 Å². The molecule has 4 nitrogen and oxygen atoms in total. The number of nitrogens with zero attached hydrogens (tertiary/aromatic N) is 2. The molecule has 4 rings (SSSR count). The lowest BCUT2D eigenvalue weighted by atomic mass is 10.1. The van der Waals surface area contributed by atoms with Crippen molar-refractivity contribution >= 4 is 16.9 Å². The molecule has 158 valence electrons. The van der Waals surface area contributed by atoms with Gasteiger partial charge in [-0.1, -0.05) is 30.3 Å². The molecule has 1 amide bonds. The summed E-state index contributed by atoms with van der Waals surface area (Å²) in [4.78, 5) is 16.8. The van der Waals surface area contributed by atoms with Crippen LogP contribution in [0, 0.1) is 5.82 Å². The number of rotatable bonds is 5. The van der Waals surface area contributed by atoms with E-state index in [1.807, 2.05) is 4.57 Å². The third kappa shape index (κ3) is 4.58. The molecule has 1 N–H and O–H groups in total. The lowest BCUT2D eigenvalue weighted by Crippen LogP contribution is -2.24. The summed E-state index contributed by atoms with van der Waals surface area (Å²) < 4.78 is 54.6. The monoisotopic (exact) mass is 427 g/mol. The molecule has 0 fully saturated rings. The van der Waals surface area contributed by atoms with E-state index >= 15 is 0 Å². The molecule has 0 aliphatic rings. The molecule has 0 unspecified atom stereocenters. The second-order valence-corrected chi connectivity index (χ2v) is 7.04. The number of alkyl halides is 3. The van der Waals surface area contributed by atoms with Crippen LogP contribution in [0.3, 0.4) is 0 Å². The lowest BCUT2D eigenvalue weighted by Gasteiger charge is -2.13. The van der Waals surface area contributed by atoms with Crippen LogP contribution in [-0.2, 0) is 19.3 Å². The topological polar surface area (TPSA) is 46.9 Å². The second kappa shape index (κ2) is 8.22. The van der Waals surface area contributed by atoms with E-state index < -0.39 is 17.6 Å². The molecule has 1 heterocycles. The molecule has 0 aliphatic heterocycles. The van der Waals surface area contributed by atoms with Crippen molar-refractivity contribution in [2.24, 2.45) is 0 Å². The van der Waals surface area contributed by atoms with Crippen LogP contribution in [0.15, 0.2) is 73.1 Å². The molecule has 0 spiro atoms. The van der Waals surface area contributed by atoms with E-state index in [1.165, 1.54) is 30.3 Å². The molecule has 0 radical (unpaired) electrons. The summed E-state index contributed by atoms with van der Waals surface area (Å²) in [5, 5.41) is 2.53. The number of amides is 1. The van der Waals surface area contributed by atoms with E-state index in [0.29, 0.717) is 12.1 Å². The zero-order chi connectivity index (χ0) is 22.0. The summed E-state index contributed by atoms with van der Waals surface area (Å²) in [6.07, 6.45) is -2.90. The van der Waals surface area contributed by atoms with Crippen molar-refractivity contribution in [1.82, 2.24) is 14.9 Å². The van der Waals surface area contributed by atoms with Gasteiger partial charge in [-0.3, -0.25) is 4.79 Å². The Morgan fingerprint density at radius 3 is 2.58 bits per heavy atom. The molecule has 1 aromatic heterocycles. The van der Waals surface area contributed by atoms with Crippen LogP contribution in [0.2, 0.25) is 0 Å². The Bertz CT molecular complexity index is 1250. The Labute approximate surface area is 175 Å². The average Bonchev–Trinajstić information content (AvgIpc) is 3.13. The third-order valence-electron chi connectivity index (χ3n) is 4.89. The van der Waals surface area contributed by atoms with Gasteiger partial charge in [0, 0.05) is 18.7 Å². The van der Waals surface area contributed by atoms with Crippen LogP contribution >= 0.6 is 0 Å². The van der Waals surface area contributed by atoms with Crippen molar-refractivity contribution in [3.8, 4) is 0 Å². The summed E-state index contributed by atoms with van der Waals surface area (Å²) in [5.74, 6) is -0.827. The first-order valence-electron chi connectivity index (χ1n) is 9.44. The van der Waals surface area contributed by atoms with E-state index in [1.54, 1.807) is 36.7 Å². The standard InChI is InChI=1S/C23H17F4N3O/c24-18-6-3-4-15(10-18)13-30-14-29-20-11-16(8-9-21(20)30)22(31)28-12-17-5-1-2-7-19(17)23(25,26)27/h1-11,14H,12-13H2,(H,28,31). The molecule has 0 atom stereocenters. The van der Waals surface area contributed by atoms with Crippen LogP contribution in [0.4, 0.5) is 17.6 Å². The van der Waals surface area contributed by atoms with E-state index in [2.05, 4.69) is 10.3 Å². The Balaban J connectivity index is 1.50. The number of nitrogens with one attached hydrogen (secondary N) is 1. The Hall–Kier alpha value is -3.68.